The number of amides is 6. The first-order valence-electron chi connectivity index (χ1n) is 19.9. The van der Waals surface area contributed by atoms with Gasteiger partial charge in [-0.3, -0.25) is 62.8 Å². The Hall–Kier alpha value is -4.47. The Labute approximate surface area is 376 Å². The van der Waals surface area contributed by atoms with E-state index in [4.69, 9.17) is 10.5 Å². The fourth-order valence-corrected chi connectivity index (χ4v) is 6.77. The van der Waals surface area contributed by atoms with Crippen molar-refractivity contribution < 1.29 is 87.7 Å². The van der Waals surface area contributed by atoms with Crippen molar-refractivity contribution >= 4 is 77.4 Å². The molecular formula is C34H60N10O18S2. The molecule has 28 nitrogen and oxygen atoms in total. The molecule has 1 rings (SSSR count). The molecule has 0 bridgehead atoms. The van der Waals surface area contributed by atoms with Gasteiger partial charge in [0.2, 0.25) is 35.4 Å². The number of carbonyl (C=O) groups is 9. The summed E-state index contributed by atoms with van der Waals surface area (Å²) in [6.45, 7) is 2.56. The summed E-state index contributed by atoms with van der Waals surface area (Å²) in [5.74, 6) is -8.23. The lowest BCUT2D eigenvalue weighted by Gasteiger charge is -2.33. The van der Waals surface area contributed by atoms with Crippen LogP contribution in [0, 0.1) is 0 Å². The van der Waals surface area contributed by atoms with Gasteiger partial charge in [0, 0.05) is 109 Å². The molecule has 0 saturated carbocycles. The molecule has 30 heteroatoms. The van der Waals surface area contributed by atoms with Crippen LogP contribution in [0.15, 0.2) is 0 Å². The Morgan fingerprint density at radius 1 is 0.531 bits per heavy atom. The molecule has 1 fully saturated rings. The summed E-state index contributed by atoms with van der Waals surface area (Å²) < 4.78 is 8.72. The number of aliphatic carboxylic acids is 3. The lowest BCUT2D eigenvalue weighted by Crippen LogP contribution is -2.56. The fraction of sp³-hybridized carbons (Fsp3) is 0.735. The predicted molar refractivity (Wildman–Crippen MR) is 223 cm³/mol. The van der Waals surface area contributed by atoms with Gasteiger partial charge in [0.05, 0.1) is 37.7 Å². The van der Waals surface area contributed by atoms with Gasteiger partial charge in [-0.15, -0.1) is 8.67 Å². The lowest BCUT2D eigenvalue weighted by molar-refractivity contribution is -0.432. The Morgan fingerprint density at radius 2 is 0.922 bits per heavy atom. The molecule has 0 aromatic carbocycles. The van der Waals surface area contributed by atoms with Crippen LogP contribution < -0.4 is 31.9 Å². The number of nitrogens with one attached hydrogen (secondary N) is 6. The van der Waals surface area contributed by atoms with Gasteiger partial charge in [-0.2, -0.15) is 0 Å². The van der Waals surface area contributed by atoms with E-state index >= 15 is 0 Å². The van der Waals surface area contributed by atoms with E-state index in [0.717, 1.165) is 0 Å². The fourth-order valence-electron chi connectivity index (χ4n) is 5.83. The molecular weight excluding hydrogens is 901 g/mol. The molecule has 64 heavy (non-hydrogen) atoms. The van der Waals surface area contributed by atoms with Crippen molar-refractivity contribution in [3.8, 4) is 0 Å². The summed E-state index contributed by atoms with van der Waals surface area (Å²) in [4.78, 5) is 119. The molecule has 1 saturated heterocycles. The van der Waals surface area contributed by atoms with Crippen LogP contribution in [0.2, 0.25) is 0 Å². The van der Waals surface area contributed by atoms with Crippen molar-refractivity contribution in [1.82, 2.24) is 51.5 Å². The third-order valence-corrected chi connectivity index (χ3v) is 10.2. The van der Waals surface area contributed by atoms with Crippen LogP contribution in [0.1, 0.15) is 33.1 Å². The number of hydrogen-bond donors (Lipinski definition) is 11. The van der Waals surface area contributed by atoms with E-state index in [1.54, 1.807) is 26.5 Å². The second kappa shape index (κ2) is 34.0. The molecule has 0 spiro atoms. The molecule has 0 unspecified atom stereocenters. The quantitative estimate of drug-likeness (QED) is 0.0140. The normalized spacial score (nSPS) is 16.1. The average molecular weight is 961 g/mol. The van der Waals surface area contributed by atoms with E-state index in [0.29, 0.717) is 30.5 Å². The van der Waals surface area contributed by atoms with Crippen molar-refractivity contribution in [1.29, 1.82) is 0 Å². The first kappa shape index (κ1) is 57.5. The first-order valence-corrected chi connectivity index (χ1v) is 21.7. The molecule has 11 N–H and O–H groups in total. The molecule has 0 radical (unpaired) electrons. The van der Waals surface area contributed by atoms with Gasteiger partial charge in [0.1, 0.15) is 18.1 Å². The van der Waals surface area contributed by atoms with Gasteiger partial charge < -0.3 is 47.2 Å². The molecule has 0 aromatic heterocycles. The summed E-state index contributed by atoms with van der Waals surface area (Å²) in [5, 5.41) is 67.9. The highest BCUT2D eigenvalue weighted by molar-refractivity contribution is 7.94. The third-order valence-electron chi connectivity index (χ3n) is 8.94. The van der Waals surface area contributed by atoms with Gasteiger partial charge in [-0.05, 0) is 12.8 Å². The molecule has 1 aliphatic rings. The molecule has 366 valence electrons. The highest BCUT2D eigenvalue weighted by Crippen LogP contribution is 2.09. The van der Waals surface area contributed by atoms with Gasteiger partial charge in [0.25, 0.3) is 0 Å². The smallest absolute Gasteiger partial charge is 0.317 e. The lowest BCUT2D eigenvalue weighted by atomic mass is 10.1. The average Bonchev–Trinajstić information content (AvgIpc) is 3.22. The highest BCUT2D eigenvalue weighted by Gasteiger charge is 2.30. The molecule has 0 aliphatic carbocycles. The topological polar surface area (TPSA) is 377 Å². The van der Waals surface area contributed by atoms with E-state index in [1.807, 2.05) is 0 Å². The molecule has 6 amide bonds. The summed E-state index contributed by atoms with van der Waals surface area (Å²) in [6, 6.07) is -4.13. The zero-order valence-electron chi connectivity index (χ0n) is 35.5. The Kier molecular flexibility index (Phi) is 30.5. The van der Waals surface area contributed by atoms with Crippen LogP contribution in [0.25, 0.3) is 0 Å². The van der Waals surface area contributed by atoms with Crippen LogP contribution in [0.5, 0.6) is 0 Å². The van der Waals surface area contributed by atoms with E-state index in [1.165, 1.54) is 6.92 Å². The number of carboxylic acid groups (broad SMARTS) is 3. The number of nitrogens with zero attached hydrogens (tertiary/aromatic N) is 4. The Bertz CT molecular complexity index is 1480. The van der Waals surface area contributed by atoms with Crippen molar-refractivity contribution in [3.63, 3.8) is 0 Å². The van der Waals surface area contributed by atoms with E-state index < -0.39 is 98.0 Å². The second-order valence-corrected chi connectivity index (χ2v) is 15.5. The maximum atomic E-state index is 13.9. The van der Waals surface area contributed by atoms with Gasteiger partial charge >= 0.3 is 17.9 Å². The number of hydrogen-bond acceptors (Lipinski definition) is 21. The Balaban J connectivity index is 3.41. The predicted octanol–water partition coefficient (Wildman–Crippen LogP) is -4.39. The number of carboxylic acids is 3. The van der Waals surface area contributed by atoms with E-state index in [9.17, 15) is 58.5 Å². The molecule has 0 aromatic rings. The zero-order chi connectivity index (χ0) is 47.9. The maximum Gasteiger partial charge on any atom is 0.317 e. The second-order valence-electron chi connectivity index (χ2n) is 14.0. The minimum Gasteiger partial charge on any atom is -0.480 e. The zero-order valence-corrected chi connectivity index (χ0v) is 37.2. The van der Waals surface area contributed by atoms with Crippen LogP contribution in [-0.2, 0) is 61.9 Å². The number of carbonyl (C=O) groups excluding carboxylic acids is 6. The molecule has 1 heterocycles. The Morgan fingerprint density at radius 3 is 1.33 bits per heavy atom. The monoisotopic (exact) mass is 960 g/mol. The summed E-state index contributed by atoms with van der Waals surface area (Å²) in [6.07, 6.45) is -0.301. The SMILES string of the molecule is CCCNC(=O)[C@H](CSOOO)NC(=O)CC[C@H](NC(=O)CN1CCN(CC(=O)O)CCN(CC(=O)O)CCN(CC(=O)O)CC1)C(=O)N[C@@H](CSOOO)C(=O)NCCNC(C)=O. The molecule has 1 aliphatic heterocycles. The third kappa shape index (κ3) is 27.7. The largest absolute Gasteiger partial charge is 0.480 e. The highest BCUT2D eigenvalue weighted by atomic mass is 32.2. The van der Waals surface area contributed by atoms with Crippen molar-refractivity contribution in [3.05, 3.63) is 0 Å². The van der Waals surface area contributed by atoms with Crippen LogP contribution in [0.4, 0.5) is 0 Å². The van der Waals surface area contributed by atoms with Crippen LogP contribution >= 0.6 is 24.1 Å². The minimum absolute atomic E-state index is 0.0375. The summed E-state index contributed by atoms with van der Waals surface area (Å²) >= 11 is 0.929. The van der Waals surface area contributed by atoms with Gasteiger partial charge in [-0.25, -0.2) is 10.5 Å². The summed E-state index contributed by atoms with van der Waals surface area (Å²) in [7, 11) is 0. The standard InChI is InChI=1S/C34H60N10O18S2/c1-3-6-36-32(54)25(21-63-61-59-57)39-27(46)5-4-24(34(56)40-26(22-64-62-60-58)33(55)37-8-7-35-23(2)45)38-28(47)17-41-9-11-42(18-29(48)49)13-15-44(20-31(52)53)16-14-43(12-10-41)19-30(50)51/h24-26,57-58H,3-22H2,1-2H3,(H,35,45)(H,36,54)(H,37,55)(H,38,47)(H,39,46)(H,40,56)(H,48,49)(H,50,51)(H,52,53)/t24-,25-,26-/m0/s1. The van der Waals surface area contributed by atoms with Crippen molar-refractivity contribution in [2.75, 3.05) is 110 Å². The van der Waals surface area contributed by atoms with Crippen molar-refractivity contribution in [2.24, 2.45) is 0 Å². The van der Waals surface area contributed by atoms with Crippen LogP contribution in [-0.4, -0.2) is 227 Å². The van der Waals surface area contributed by atoms with Gasteiger partial charge in [-0.1, -0.05) is 17.0 Å². The van der Waals surface area contributed by atoms with E-state index in [-0.39, 0.29) is 95.9 Å². The van der Waals surface area contributed by atoms with Crippen LogP contribution in [0.3, 0.4) is 0 Å². The van der Waals surface area contributed by atoms with E-state index in [2.05, 4.69) is 50.6 Å². The maximum absolute atomic E-state index is 13.9. The summed E-state index contributed by atoms with van der Waals surface area (Å²) in [5.41, 5.74) is 0. The van der Waals surface area contributed by atoms with Gasteiger partial charge in [0.15, 0.2) is 0 Å². The first-order chi connectivity index (χ1) is 30.5. The molecule has 3 atom stereocenters. The minimum atomic E-state index is -1.53. The number of rotatable bonds is 30. The van der Waals surface area contributed by atoms with Crippen molar-refractivity contribution in [2.45, 2.75) is 51.2 Å².